The number of carboxylic acids is 1. The second-order valence-electron chi connectivity index (χ2n) is 15.9. The molecular weight excluding hydrogens is 751 g/mol. The molecule has 2 unspecified atom stereocenters. The van der Waals surface area contributed by atoms with Gasteiger partial charge < -0.3 is 28.6 Å². The second-order valence-corrected chi connectivity index (χ2v) is 15.9. The van der Waals surface area contributed by atoms with E-state index in [9.17, 15) is 19.5 Å². The number of esters is 2. The Hall–Kier alpha value is -4.01. The van der Waals surface area contributed by atoms with Gasteiger partial charge in [-0.05, 0) is 89.9 Å². The summed E-state index contributed by atoms with van der Waals surface area (Å²) in [5.41, 5.74) is 0. The molecule has 0 amide bonds. The maximum atomic E-state index is 12.7. The predicted octanol–water partition coefficient (Wildman–Crippen LogP) is 11.5. The molecule has 0 saturated heterocycles. The molecule has 0 radical (unpaired) electrons. The Kier molecular flexibility index (Phi) is 38.9. The first-order valence-corrected chi connectivity index (χ1v) is 22.9. The highest BCUT2D eigenvalue weighted by molar-refractivity contribution is 5.70. The fourth-order valence-electron chi connectivity index (χ4n) is 5.92. The van der Waals surface area contributed by atoms with Crippen LogP contribution in [-0.2, 0) is 28.6 Å². The number of nitrogens with zero attached hydrogens (tertiary/aromatic N) is 1. The van der Waals surface area contributed by atoms with Crippen LogP contribution in [0.5, 0.6) is 0 Å². The van der Waals surface area contributed by atoms with Crippen molar-refractivity contribution >= 4 is 17.9 Å². The molecule has 0 fully saturated rings. The third kappa shape index (κ3) is 39.5. The van der Waals surface area contributed by atoms with Crippen molar-refractivity contribution in [3.05, 3.63) is 109 Å². The molecule has 0 aliphatic rings. The SMILES string of the molecule is CC/C=C\C/C=C\C/C=C\C/C=C\C/C=C\CCCC(=O)OC(COCCC(C(=O)[O-])[N+](C)(C)C)COC(=O)CCCCCCCC/C=C\C/C=C\C/C=C\C/C=C\CC. The van der Waals surface area contributed by atoms with Crippen LogP contribution in [0.25, 0.3) is 0 Å². The minimum atomic E-state index is -1.14. The molecule has 8 nitrogen and oxygen atoms in total. The minimum Gasteiger partial charge on any atom is -0.544 e. The molecule has 0 aromatic heterocycles. The fraction of sp³-hybridized carbons (Fsp3) is 0.596. The highest BCUT2D eigenvalue weighted by Gasteiger charge is 2.25. The number of carbonyl (C=O) groups excluding carboxylic acids is 3. The molecule has 338 valence electrons. The molecule has 8 heteroatoms. The van der Waals surface area contributed by atoms with Crippen LogP contribution in [0.2, 0.25) is 0 Å². The van der Waals surface area contributed by atoms with Crippen LogP contribution < -0.4 is 5.11 Å². The van der Waals surface area contributed by atoms with Gasteiger partial charge in [0.25, 0.3) is 0 Å². The van der Waals surface area contributed by atoms with E-state index in [4.69, 9.17) is 14.2 Å². The Morgan fingerprint density at radius 2 is 0.900 bits per heavy atom. The zero-order valence-electron chi connectivity index (χ0n) is 38.3. The molecule has 0 aromatic rings. The van der Waals surface area contributed by atoms with Crippen molar-refractivity contribution in [3.63, 3.8) is 0 Å². The fourth-order valence-corrected chi connectivity index (χ4v) is 5.92. The average Bonchev–Trinajstić information content (AvgIpc) is 3.21. The van der Waals surface area contributed by atoms with E-state index >= 15 is 0 Å². The Bertz CT molecular complexity index is 1340. The summed E-state index contributed by atoms with van der Waals surface area (Å²) in [6, 6.07) is -0.745. The molecule has 0 heterocycles. The van der Waals surface area contributed by atoms with Gasteiger partial charge in [-0.2, -0.15) is 0 Å². The Morgan fingerprint density at radius 3 is 1.35 bits per heavy atom. The highest BCUT2D eigenvalue weighted by Crippen LogP contribution is 2.12. The summed E-state index contributed by atoms with van der Waals surface area (Å²) in [6.07, 6.45) is 56.9. The molecule has 0 aromatic carbocycles. The van der Waals surface area contributed by atoms with Crippen molar-refractivity contribution < 1.29 is 38.2 Å². The summed E-state index contributed by atoms with van der Waals surface area (Å²) in [5, 5.41) is 11.6. The first kappa shape index (κ1) is 56.0. The Balaban J connectivity index is 4.46. The lowest BCUT2D eigenvalue weighted by Gasteiger charge is -2.34. The van der Waals surface area contributed by atoms with Crippen molar-refractivity contribution in [2.75, 3.05) is 41.0 Å². The smallest absolute Gasteiger partial charge is 0.306 e. The number of allylic oxidation sites excluding steroid dienone is 18. The zero-order valence-corrected chi connectivity index (χ0v) is 38.3. The lowest BCUT2D eigenvalue weighted by molar-refractivity contribution is -0.889. The molecule has 2 atom stereocenters. The van der Waals surface area contributed by atoms with Crippen molar-refractivity contribution in [1.29, 1.82) is 0 Å². The molecule has 0 aliphatic heterocycles. The van der Waals surface area contributed by atoms with Crippen molar-refractivity contribution in [1.82, 2.24) is 0 Å². The van der Waals surface area contributed by atoms with E-state index in [1.54, 1.807) is 21.1 Å². The first-order valence-electron chi connectivity index (χ1n) is 22.9. The van der Waals surface area contributed by atoms with Crippen LogP contribution in [0.4, 0.5) is 0 Å². The van der Waals surface area contributed by atoms with Gasteiger partial charge in [0.1, 0.15) is 12.6 Å². The van der Waals surface area contributed by atoms with E-state index in [0.717, 1.165) is 96.3 Å². The standard InChI is InChI=1S/C52H83NO7/c1-6-8-10-12-14-16-18-20-22-24-25-27-28-30-32-34-36-38-40-42-50(54)59-47-48(46-58-45-44-49(52(56)57)53(3,4)5)60-51(55)43-41-39-37-35-33-31-29-26-23-21-19-17-15-13-11-9-7-2/h8-11,14-17,20-23,25,27,29,31,35,37,48-49H,6-7,12-13,18-19,24,26,28,30,32-34,36,38-47H2,1-5H3/b10-8-,11-9-,16-14-,17-15-,22-20-,23-21-,27-25-,31-29-,37-35-. The molecule has 0 saturated carbocycles. The van der Waals surface area contributed by atoms with Crippen molar-refractivity contribution in [2.24, 2.45) is 0 Å². The maximum Gasteiger partial charge on any atom is 0.306 e. The van der Waals surface area contributed by atoms with Gasteiger partial charge >= 0.3 is 11.9 Å². The molecule has 60 heavy (non-hydrogen) atoms. The summed E-state index contributed by atoms with van der Waals surface area (Å²) in [6.45, 7) is 4.33. The van der Waals surface area contributed by atoms with Gasteiger partial charge in [0, 0.05) is 19.3 Å². The van der Waals surface area contributed by atoms with E-state index in [2.05, 4.69) is 123 Å². The second kappa shape index (κ2) is 41.7. The number of hydrogen-bond acceptors (Lipinski definition) is 7. The minimum absolute atomic E-state index is 0.00557. The van der Waals surface area contributed by atoms with Gasteiger partial charge in [-0.1, -0.05) is 149 Å². The van der Waals surface area contributed by atoms with Crippen LogP contribution in [0.1, 0.15) is 149 Å². The van der Waals surface area contributed by atoms with Gasteiger partial charge in [0.2, 0.25) is 0 Å². The van der Waals surface area contributed by atoms with Crippen LogP contribution in [0.15, 0.2) is 109 Å². The Labute approximate surface area is 366 Å². The van der Waals surface area contributed by atoms with E-state index < -0.39 is 18.1 Å². The average molecular weight is 834 g/mol. The van der Waals surface area contributed by atoms with E-state index in [1.165, 1.54) is 12.8 Å². The van der Waals surface area contributed by atoms with E-state index in [-0.39, 0.29) is 49.1 Å². The van der Waals surface area contributed by atoms with Crippen LogP contribution in [0.3, 0.4) is 0 Å². The van der Waals surface area contributed by atoms with Gasteiger partial charge in [0.15, 0.2) is 6.10 Å². The summed E-state index contributed by atoms with van der Waals surface area (Å²) >= 11 is 0. The summed E-state index contributed by atoms with van der Waals surface area (Å²) < 4.78 is 17.1. The number of ether oxygens (including phenoxy) is 3. The molecule has 0 rings (SSSR count). The van der Waals surface area contributed by atoms with E-state index in [0.29, 0.717) is 12.8 Å². The molecule has 0 bridgehead atoms. The number of quaternary nitrogens is 1. The lowest BCUT2D eigenvalue weighted by Crippen LogP contribution is -2.55. The van der Waals surface area contributed by atoms with Crippen molar-refractivity contribution in [3.8, 4) is 0 Å². The lowest BCUT2D eigenvalue weighted by atomic mass is 10.1. The van der Waals surface area contributed by atoms with Gasteiger partial charge in [-0.25, -0.2) is 0 Å². The number of rotatable bonds is 39. The molecular formula is C52H83NO7. The quantitative estimate of drug-likeness (QED) is 0.0263. The third-order valence-corrected chi connectivity index (χ3v) is 9.40. The number of carboxylic acid groups (broad SMARTS) is 1. The number of likely N-dealkylation sites (N-methyl/N-ethyl adjacent to an activating group) is 1. The van der Waals surface area contributed by atoms with Crippen LogP contribution in [-0.4, -0.2) is 75.5 Å². The zero-order chi connectivity index (χ0) is 44.2. The van der Waals surface area contributed by atoms with Gasteiger partial charge in [-0.15, -0.1) is 0 Å². The summed E-state index contributed by atoms with van der Waals surface area (Å²) in [7, 11) is 5.37. The number of aliphatic carboxylic acids is 1. The van der Waals surface area contributed by atoms with Crippen LogP contribution in [0, 0.1) is 0 Å². The molecule has 0 aliphatic carbocycles. The van der Waals surface area contributed by atoms with Crippen LogP contribution >= 0.6 is 0 Å². The number of hydrogen-bond donors (Lipinski definition) is 0. The van der Waals surface area contributed by atoms with E-state index in [1.807, 2.05) is 0 Å². The molecule has 0 N–H and O–H groups in total. The summed E-state index contributed by atoms with van der Waals surface area (Å²) in [4.78, 5) is 36.9. The highest BCUT2D eigenvalue weighted by atomic mass is 16.6. The molecule has 0 spiro atoms. The first-order chi connectivity index (χ1) is 29.1. The normalized spacial score (nSPS) is 13.9. The monoisotopic (exact) mass is 834 g/mol. The van der Waals surface area contributed by atoms with Gasteiger partial charge in [-0.3, -0.25) is 9.59 Å². The Morgan fingerprint density at radius 1 is 0.500 bits per heavy atom. The topological polar surface area (TPSA) is 102 Å². The summed E-state index contributed by atoms with van der Waals surface area (Å²) in [5.74, 6) is -1.85. The number of unbranched alkanes of at least 4 members (excludes halogenated alkanes) is 7. The van der Waals surface area contributed by atoms with Crippen molar-refractivity contribution in [2.45, 2.75) is 161 Å². The number of carbonyl (C=O) groups is 3. The maximum absolute atomic E-state index is 12.7. The van der Waals surface area contributed by atoms with Gasteiger partial charge in [0.05, 0.1) is 40.3 Å². The predicted molar refractivity (Wildman–Crippen MR) is 249 cm³/mol. The largest absolute Gasteiger partial charge is 0.544 e. The third-order valence-electron chi connectivity index (χ3n) is 9.40.